The molecule has 0 saturated carbocycles. The van der Waals surface area contributed by atoms with Crippen LogP contribution in [0.3, 0.4) is 0 Å². The van der Waals surface area contributed by atoms with Crippen LogP contribution in [0.25, 0.3) is 22.7 Å². The van der Waals surface area contributed by atoms with E-state index in [1.807, 2.05) is 54.7 Å². The third kappa shape index (κ3) is 1.57. The molecule has 1 aromatic heterocycles. The maximum absolute atomic E-state index is 11.8. The van der Waals surface area contributed by atoms with Gasteiger partial charge in [-0.1, -0.05) is 36.4 Å². The van der Waals surface area contributed by atoms with Crippen molar-refractivity contribution in [2.24, 2.45) is 0 Å². The molecule has 3 nitrogen and oxygen atoms in total. The van der Waals surface area contributed by atoms with Gasteiger partial charge in [0.1, 0.15) is 5.76 Å². The first-order valence-electron chi connectivity index (χ1n) is 6.42. The van der Waals surface area contributed by atoms with Crippen LogP contribution < -0.4 is 0 Å². The third-order valence-corrected chi connectivity index (χ3v) is 3.52. The van der Waals surface area contributed by atoms with Crippen molar-refractivity contribution < 1.29 is 9.53 Å². The standard InChI is InChI=1S/C17H11NO2/c19-17-14-7-2-1-6-13(14)16(20-17)9-11-10-18-15-8-4-3-5-12(11)15/h1-10,18H. The summed E-state index contributed by atoms with van der Waals surface area (Å²) in [5.74, 6) is 0.321. The second-order valence-electron chi connectivity index (χ2n) is 4.73. The van der Waals surface area contributed by atoms with Crippen molar-refractivity contribution in [3.05, 3.63) is 71.4 Å². The molecule has 0 fully saturated rings. The molecule has 0 saturated heterocycles. The Morgan fingerprint density at radius 3 is 2.60 bits per heavy atom. The predicted octanol–water partition coefficient (Wildman–Crippen LogP) is 3.84. The van der Waals surface area contributed by atoms with Crippen LogP contribution >= 0.6 is 0 Å². The molecule has 0 atom stereocenters. The average Bonchev–Trinajstić information content (AvgIpc) is 3.03. The molecule has 3 aromatic rings. The summed E-state index contributed by atoms with van der Waals surface area (Å²) >= 11 is 0. The normalized spacial score (nSPS) is 15.6. The number of esters is 1. The van der Waals surface area contributed by atoms with E-state index in [1.54, 1.807) is 6.07 Å². The molecule has 96 valence electrons. The lowest BCUT2D eigenvalue weighted by atomic mass is 10.1. The number of hydrogen-bond acceptors (Lipinski definition) is 2. The van der Waals surface area contributed by atoms with Crippen LogP contribution in [0.5, 0.6) is 0 Å². The van der Waals surface area contributed by atoms with Crippen molar-refractivity contribution in [3.63, 3.8) is 0 Å². The number of carbonyl (C=O) groups is 1. The van der Waals surface area contributed by atoms with Crippen molar-refractivity contribution in [3.8, 4) is 0 Å². The molecule has 0 bridgehead atoms. The van der Waals surface area contributed by atoms with Gasteiger partial charge in [-0.2, -0.15) is 0 Å². The molecule has 0 radical (unpaired) electrons. The van der Waals surface area contributed by atoms with Gasteiger partial charge in [-0.15, -0.1) is 0 Å². The lowest BCUT2D eigenvalue weighted by molar-refractivity contribution is 0.0717. The summed E-state index contributed by atoms with van der Waals surface area (Å²) in [6.45, 7) is 0. The minimum absolute atomic E-state index is 0.285. The lowest BCUT2D eigenvalue weighted by Gasteiger charge is -1.98. The number of carbonyl (C=O) groups excluding carboxylic acids is 1. The average molecular weight is 261 g/mol. The van der Waals surface area contributed by atoms with E-state index in [1.165, 1.54) is 0 Å². The number of benzene rings is 2. The summed E-state index contributed by atoms with van der Waals surface area (Å²) < 4.78 is 5.36. The summed E-state index contributed by atoms with van der Waals surface area (Å²) in [6.07, 6.45) is 3.83. The van der Waals surface area contributed by atoms with Gasteiger partial charge < -0.3 is 9.72 Å². The zero-order chi connectivity index (χ0) is 13.5. The Bertz CT molecular complexity index is 858. The van der Waals surface area contributed by atoms with Crippen LogP contribution in [0, 0.1) is 0 Å². The highest BCUT2D eigenvalue weighted by molar-refractivity contribution is 6.07. The molecule has 20 heavy (non-hydrogen) atoms. The van der Waals surface area contributed by atoms with Crippen molar-refractivity contribution >= 4 is 28.7 Å². The Hall–Kier alpha value is -2.81. The fourth-order valence-corrected chi connectivity index (χ4v) is 2.55. The van der Waals surface area contributed by atoms with Crippen molar-refractivity contribution in [1.82, 2.24) is 4.98 Å². The number of para-hydroxylation sites is 1. The number of ether oxygens (including phenoxy) is 1. The summed E-state index contributed by atoms with van der Waals surface area (Å²) in [5, 5.41) is 1.11. The first-order chi connectivity index (χ1) is 9.83. The quantitative estimate of drug-likeness (QED) is 0.676. The van der Waals surface area contributed by atoms with E-state index in [2.05, 4.69) is 4.98 Å². The molecule has 0 unspecified atom stereocenters. The molecule has 1 aliphatic rings. The molecule has 0 spiro atoms. The van der Waals surface area contributed by atoms with Crippen LogP contribution in [-0.4, -0.2) is 11.0 Å². The molecule has 3 heteroatoms. The van der Waals surface area contributed by atoms with Gasteiger partial charge in [0.05, 0.1) is 5.56 Å². The van der Waals surface area contributed by atoms with Crippen LogP contribution in [-0.2, 0) is 4.74 Å². The van der Waals surface area contributed by atoms with Crippen LogP contribution in [0.15, 0.2) is 54.7 Å². The Morgan fingerprint density at radius 1 is 0.950 bits per heavy atom. The van der Waals surface area contributed by atoms with Crippen molar-refractivity contribution in [1.29, 1.82) is 0 Å². The lowest BCUT2D eigenvalue weighted by Crippen LogP contribution is -1.92. The Morgan fingerprint density at radius 2 is 1.70 bits per heavy atom. The fraction of sp³-hybridized carbons (Fsp3) is 0. The van der Waals surface area contributed by atoms with E-state index in [0.29, 0.717) is 11.3 Å². The van der Waals surface area contributed by atoms with E-state index >= 15 is 0 Å². The summed E-state index contributed by atoms with van der Waals surface area (Å²) in [4.78, 5) is 15.0. The SMILES string of the molecule is O=C1OC(=Cc2c[nH]c3ccccc23)c2ccccc21. The van der Waals surface area contributed by atoms with Gasteiger partial charge in [0, 0.05) is 28.2 Å². The number of cyclic esters (lactones) is 1. The van der Waals surface area contributed by atoms with Gasteiger partial charge in [0.25, 0.3) is 0 Å². The Labute approximate surface area is 115 Å². The third-order valence-electron chi connectivity index (χ3n) is 3.52. The topological polar surface area (TPSA) is 42.1 Å². The monoisotopic (exact) mass is 261 g/mol. The summed E-state index contributed by atoms with van der Waals surface area (Å²) in [6, 6.07) is 15.5. The second-order valence-corrected chi connectivity index (χ2v) is 4.73. The highest BCUT2D eigenvalue weighted by atomic mass is 16.5. The minimum Gasteiger partial charge on any atom is -0.422 e. The van der Waals surface area contributed by atoms with Gasteiger partial charge in [-0.05, 0) is 18.2 Å². The largest absolute Gasteiger partial charge is 0.422 e. The number of fused-ring (bicyclic) bond motifs is 2. The number of H-pyrrole nitrogens is 1. The molecule has 2 heterocycles. The molecule has 2 aromatic carbocycles. The van der Waals surface area contributed by atoms with Crippen LogP contribution in [0.4, 0.5) is 0 Å². The van der Waals surface area contributed by atoms with Crippen LogP contribution in [0.1, 0.15) is 21.5 Å². The first-order valence-corrected chi connectivity index (χ1v) is 6.42. The van der Waals surface area contributed by atoms with Gasteiger partial charge in [-0.25, -0.2) is 4.79 Å². The Kier molecular flexibility index (Phi) is 2.27. The van der Waals surface area contributed by atoms with Gasteiger partial charge >= 0.3 is 5.97 Å². The maximum Gasteiger partial charge on any atom is 0.344 e. The number of nitrogens with one attached hydrogen (secondary N) is 1. The molecular formula is C17H11NO2. The number of aromatic nitrogens is 1. The Balaban J connectivity index is 1.88. The molecule has 1 aliphatic heterocycles. The van der Waals surface area contributed by atoms with E-state index in [9.17, 15) is 4.79 Å². The maximum atomic E-state index is 11.8. The van der Waals surface area contributed by atoms with Crippen molar-refractivity contribution in [2.75, 3.05) is 0 Å². The number of rotatable bonds is 1. The second kappa shape index (κ2) is 4.10. The zero-order valence-electron chi connectivity index (χ0n) is 10.6. The summed E-state index contributed by atoms with van der Waals surface area (Å²) in [5.41, 5.74) is 3.55. The number of hydrogen-bond donors (Lipinski definition) is 1. The van der Waals surface area contributed by atoms with Gasteiger partial charge in [-0.3, -0.25) is 0 Å². The first kappa shape index (κ1) is 11.1. The fourth-order valence-electron chi connectivity index (χ4n) is 2.55. The van der Waals surface area contributed by atoms with E-state index in [0.717, 1.165) is 22.0 Å². The molecule has 4 rings (SSSR count). The molecular weight excluding hydrogens is 250 g/mol. The van der Waals surface area contributed by atoms with Gasteiger partial charge in [0.15, 0.2) is 0 Å². The highest BCUT2D eigenvalue weighted by Gasteiger charge is 2.25. The number of aromatic amines is 1. The van der Waals surface area contributed by atoms with E-state index < -0.39 is 0 Å². The smallest absolute Gasteiger partial charge is 0.344 e. The molecule has 1 N–H and O–H groups in total. The minimum atomic E-state index is -0.285. The van der Waals surface area contributed by atoms with E-state index in [4.69, 9.17) is 4.74 Å². The molecule has 0 amide bonds. The van der Waals surface area contributed by atoms with Crippen molar-refractivity contribution in [2.45, 2.75) is 0 Å². The summed E-state index contributed by atoms with van der Waals surface area (Å²) in [7, 11) is 0. The highest BCUT2D eigenvalue weighted by Crippen LogP contribution is 2.32. The predicted molar refractivity (Wildman–Crippen MR) is 78.0 cm³/mol. The van der Waals surface area contributed by atoms with Gasteiger partial charge in [0.2, 0.25) is 0 Å². The molecule has 0 aliphatic carbocycles. The zero-order valence-corrected chi connectivity index (χ0v) is 10.6. The van der Waals surface area contributed by atoms with Crippen LogP contribution in [0.2, 0.25) is 0 Å². The van der Waals surface area contributed by atoms with E-state index in [-0.39, 0.29) is 5.97 Å².